The molecule has 2 aromatic heterocycles. The topological polar surface area (TPSA) is 104 Å². The number of aryl methyl sites for hydroxylation is 1. The number of rotatable bonds is 8. The Morgan fingerprint density at radius 1 is 1.15 bits per heavy atom. The highest BCUT2D eigenvalue weighted by atomic mass is 32.1. The summed E-state index contributed by atoms with van der Waals surface area (Å²) in [6, 6.07) is 17.2. The van der Waals surface area contributed by atoms with Gasteiger partial charge in [-0.2, -0.15) is 0 Å². The fourth-order valence-electron chi connectivity index (χ4n) is 3.12. The Balaban J connectivity index is 1.44. The second-order valence-corrected chi connectivity index (χ2v) is 9.43. The number of aromatic nitrogens is 2. The maximum absolute atomic E-state index is 12.4. The molecule has 10 heteroatoms. The fourth-order valence-corrected chi connectivity index (χ4v) is 4.80. The van der Waals surface area contributed by atoms with Gasteiger partial charge in [-0.1, -0.05) is 59.1 Å². The zero-order valence-corrected chi connectivity index (χ0v) is 20.4. The van der Waals surface area contributed by atoms with Crippen LogP contribution in [0.1, 0.15) is 22.2 Å². The van der Waals surface area contributed by atoms with Gasteiger partial charge in [0.2, 0.25) is 21.7 Å². The summed E-state index contributed by atoms with van der Waals surface area (Å²) in [6.07, 6.45) is 3.52. The molecule has 0 bridgehead atoms. The lowest BCUT2D eigenvalue weighted by molar-refractivity contribution is -0.115. The zero-order valence-electron chi connectivity index (χ0n) is 18.7. The molecule has 0 aliphatic heterocycles. The third-order valence-electron chi connectivity index (χ3n) is 4.87. The number of hydrogen-bond donors (Lipinski definition) is 3. The molecule has 0 saturated heterocycles. The van der Waals surface area contributed by atoms with Gasteiger partial charge >= 0.3 is 0 Å². The van der Waals surface area contributed by atoms with E-state index in [-0.39, 0.29) is 18.2 Å². The Hall–Kier alpha value is -3.76. The number of carbonyl (C=O) groups is 1. The van der Waals surface area contributed by atoms with E-state index in [0.717, 1.165) is 21.8 Å². The van der Waals surface area contributed by atoms with Gasteiger partial charge in [0, 0.05) is 23.3 Å². The molecule has 0 saturated carbocycles. The molecule has 0 spiro atoms. The van der Waals surface area contributed by atoms with E-state index in [2.05, 4.69) is 25.8 Å². The molecule has 34 heavy (non-hydrogen) atoms. The van der Waals surface area contributed by atoms with Crippen LogP contribution in [0.2, 0.25) is 0 Å². The number of carbonyl (C=O) groups excluding carboxylic acids is 1. The highest BCUT2D eigenvalue weighted by Crippen LogP contribution is 2.22. The molecule has 2 heterocycles. The van der Waals surface area contributed by atoms with Crippen molar-refractivity contribution < 1.29 is 9.90 Å². The van der Waals surface area contributed by atoms with Crippen molar-refractivity contribution in [1.29, 1.82) is 0 Å². The number of benzene rings is 2. The summed E-state index contributed by atoms with van der Waals surface area (Å²) in [4.78, 5) is 23.1. The van der Waals surface area contributed by atoms with Gasteiger partial charge in [0.25, 0.3) is 0 Å². The normalized spacial score (nSPS) is 11.8. The molecule has 0 aliphatic rings. The van der Waals surface area contributed by atoms with Crippen LogP contribution in [0.15, 0.2) is 70.9 Å². The minimum Gasteiger partial charge on any atom is -0.493 e. The van der Waals surface area contributed by atoms with Crippen molar-refractivity contribution in [3.8, 4) is 5.88 Å². The maximum atomic E-state index is 12.4. The van der Waals surface area contributed by atoms with Crippen molar-refractivity contribution in [2.75, 3.05) is 10.7 Å². The summed E-state index contributed by atoms with van der Waals surface area (Å²) in [5.41, 5.74) is 5.56. The number of nitrogens with one attached hydrogen (secondary N) is 2. The van der Waals surface area contributed by atoms with E-state index < -0.39 is 0 Å². The van der Waals surface area contributed by atoms with Crippen LogP contribution in [0.3, 0.4) is 0 Å². The van der Waals surface area contributed by atoms with Crippen LogP contribution in [0, 0.1) is 6.92 Å². The van der Waals surface area contributed by atoms with Gasteiger partial charge in [-0.15, -0.1) is 5.10 Å². The summed E-state index contributed by atoms with van der Waals surface area (Å²) in [6.45, 7) is 4.43. The quantitative estimate of drug-likeness (QED) is 0.240. The number of para-hydroxylation sites is 2. The Bertz CT molecular complexity index is 1370. The second-order valence-electron chi connectivity index (χ2n) is 7.31. The molecule has 8 nitrogen and oxygen atoms in total. The number of nitrogens with zero attached hydrogens (tertiary/aromatic N) is 4. The first-order valence-electron chi connectivity index (χ1n) is 10.6. The Kier molecular flexibility index (Phi) is 7.51. The molecule has 174 valence electrons. The Labute approximate surface area is 205 Å². The van der Waals surface area contributed by atoms with Crippen LogP contribution < -0.4 is 15.5 Å². The lowest BCUT2D eigenvalue weighted by atomic mass is 10.2. The number of thiazole rings is 2. The van der Waals surface area contributed by atoms with E-state index in [1.54, 1.807) is 17.0 Å². The molecule has 4 rings (SSSR count). The largest absolute Gasteiger partial charge is 0.493 e. The van der Waals surface area contributed by atoms with Gasteiger partial charge in [0.1, 0.15) is 4.88 Å². The van der Waals surface area contributed by atoms with Crippen LogP contribution in [-0.2, 0) is 17.8 Å². The zero-order chi connectivity index (χ0) is 23.9. The minimum atomic E-state index is -0.101. The third-order valence-corrected chi connectivity index (χ3v) is 6.77. The maximum Gasteiger partial charge on any atom is 0.229 e. The SMILES string of the molecule is CCn1c(O)c(C=Nc2ccccc2)s/c1=N\Nc1ncc(CC(=O)Nc2ccccc2C)s1. The summed E-state index contributed by atoms with van der Waals surface area (Å²) < 4.78 is 1.69. The van der Waals surface area contributed by atoms with Crippen molar-refractivity contribution in [2.24, 2.45) is 10.1 Å². The summed E-state index contributed by atoms with van der Waals surface area (Å²) >= 11 is 2.67. The molecular weight excluding hydrogens is 468 g/mol. The average Bonchev–Trinajstić information content (AvgIpc) is 3.41. The molecule has 0 fully saturated rings. The minimum absolute atomic E-state index is 0.101. The van der Waals surface area contributed by atoms with Crippen molar-refractivity contribution in [3.05, 3.63) is 80.9 Å². The van der Waals surface area contributed by atoms with E-state index in [9.17, 15) is 9.90 Å². The molecule has 3 N–H and O–H groups in total. The molecule has 0 aliphatic carbocycles. The highest BCUT2D eigenvalue weighted by molar-refractivity contribution is 7.15. The number of hydrogen-bond acceptors (Lipinski definition) is 8. The first-order chi connectivity index (χ1) is 16.5. The predicted octanol–water partition coefficient (Wildman–Crippen LogP) is 4.90. The first kappa shape index (κ1) is 23.4. The first-order valence-corrected chi connectivity index (χ1v) is 12.3. The fraction of sp³-hybridized carbons (Fsp3) is 0.167. The summed E-state index contributed by atoms with van der Waals surface area (Å²) in [5, 5.41) is 18.5. The van der Waals surface area contributed by atoms with Crippen LogP contribution >= 0.6 is 22.7 Å². The standard InChI is InChI=1S/C24H24N6O2S2/c1-3-30-22(32)20(15-25-17-10-5-4-6-11-17)34-24(30)29-28-23-26-14-18(33-23)13-21(31)27-19-12-8-7-9-16(19)2/h4-12,14-15,32H,3,13H2,1-2H3,(H,26,28)(H,27,31)/b25-15?,29-24-. The van der Waals surface area contributed by atoms with E-state index in [1.165, 1.54) is 22.7 Å². The van der Waals surface area contributed by atoms with Crippen molar-refractivity contribution in [3.63, 3.8) is 0 Å². The molecule has 2 aromatic carbocycles. The lowest BCUT2D eigenvalue weighted by Crippen LogP contribution is -2.15. The van der Waals surface area contributed by atoms with Gasteiger partial charge in [0.05, 0.1) is 18.3 Å². The molecule has 0 radical (unpaired) electrons. The average molecular weight is 493 g/mol. The number of anilines is 2. The van der Waals surface area contributed by atoms with Gasteiger partial charge in [-0.25, -0.2) is 10.4 Å². The smallest absolute Gasteiger partial charge is 0.229 e. The molecule has 0 atom stereocenters. The number of aliphatic imine (C=N–C) groups is 1. The van der Waals surface area contributed by atoms with Crippen LogP contribution in [0.5, 0.6) is 5.88 Å². The van der Waals surface area contributed by atoms with Crippen LogP contribution in [0.4, 0.5) is 16.5 Å². The van der Waals surface area contributed by atoms with Crippen molar-refractivity contribution in [1.82, 2.24) is 9.55 Å². The monoisotopic (exact) mass is 492 g/mol. The Morgan fingerprint density at radius 3 is 2.68 bits per heavy atom. The van der Waals surface area contributed by atoms with E-state index in [0.29, 0.717) is 21.4 Å². The van der Waals surface area contributed by atoms with Crippen molar-refractivity contribution >= 4 is 51.3 Å². The van der Waals surface area contributed by atoms with Crippen LogP contribution in [-0.4, -0.2) is 26.8 Å². The van der Waals surface area contributed by atoms with Gasteiger partial charge in [-0.05, 0) is 37.6 Å². The third kappa shape index (κ3) is 5.77. The molecule has 1 amide bonds. The summed E-state index contributed by atoms with van der Waals surface area (Å²) in [5.74, 6) is 0.0104. The van der Waals surface area contributed by atoms with Gasteiger partial charge in [-0.3, -0.25) is 14.4 Å². The van der Waals surface area contributed by atoms with E-state index in [1.807, 2.05) is 68.4 Å². The lowest BCUT2D eigenvalue weighted by Gasteiger charge is -2.06. The second kappa shape index (κ2) is 10.9. The van der Waals surface area contributed by atoms with Gasteiger partial charge in [0.15, 0.2) is 0 Å². The Morgan fingerprint density at radius 2 is 1.91 bits per heavy atom. The van der Waals surface area contributed by atoms with Crippen molar-refractivity contribution in [2.45, 2.75) is 26.8 Å². The van der Waals surface area contributed by atoms with Gasteiger partial charge < -0.3 is 10.4 Å². The molecule has 4 aromatic rings. The predicted molar refractivity (Wildman–Crippen MR) is 138 cm³/mol. The summed E-state index contributed by atoms with van der Waals surface area (Å²) in [7, 11) is 0. The van der Waals surface area contributed by atoms with Crippen LogP contribution in [0.25, 0.3) is 0 Å². The highest BCUT2D eigenvalue weighted by Gasteiger charge is 2.11. The number of amides is 1. The van der Waals surface area contributed by atoms with E-state index in [4.69, 9.17) is 0 Å². The van der Waals surface area contributed by atoms with E-state index >= 15 is 0 Å². The number of aromatic hydroxyl groups is 1. The molecule has 0 unspecified atom stereocenters. The molecular formula is C24H24N6O2S2.